The maximum atomic E-state index is 15.1. The summed E-state index contributed by atoms with van der Waals surface area (Å²) in [5.74, 6) is -4.16. The number of carbonyl (C=O) groups excluding carboxylic acids is 3. The Morgan fingerprint density at radius 2 is 1.72 bits per heavy atom. The monoisotopic (exact) mass is 597 g/mol. The first-order valence-electron chi connectivity index (χ1n) is 13.8. The van der Waals surface area contributed by atoms with Gasteiger partial charge in [-0.25, -0.2) is 18.0 Å². The number of hydrogen-bond acceptors (Lipinski definition) is 5. The summed E-state index contributed by atoms with van der Waals surface area (Å²) in [5, 5.41) is 5.52. The van der Waals surface area contributed by atoms with Gasteiger partial charge < -0.3 is 25.0 Å². The highest BCUT2D eigenvalue weighted by Crippen LogP contribution is 2.57. The number of halogens is 3. The van der Waals surface area contributed by atoms with Crippen LogP contribution in [-0.2, 0) is 25.2 Å². The molecule has 0 saturated heterocycles. The zero-order chi connectivity index (χ0) is 31.1. The Morgan fingerprint density at radius 1 is 0.977 bits per heavy atom. The second-order valence-corrected chi connectivity index (χ2v) is 11.5. The van der Waals surface area contributed by atoms with Crippen molar-refractivity contribution in [3.05, 3.63) is 82.7 Å². The molecule has 3 heterocycles. The minimum atomic E-state index is -2.88. The van der Waals surface area contributed by atoms with Gasteiger partial charge in [0.25, 0.3) is 17.7 Å². The lowest BCUT2D eigenvalue weighted by atomic mass is 9.68. The highest BCUT2D eigenvalue weighted by molar-refractivity contribution is 5.94. The van der Waals surface area contributed by atoms with Gasteiger partial charge in [-0.05, 0) is 36.4 Å². The standard InChI is InChI=1S/C30H34F3N7O3/c1-37(2)27(42)19-5-6-20(23(31)13-19)16-39-11-12-40-24(9-10-25(40)29(39)17-30(32,33)18-29)26(41)35-14-21-7-8-22(15-34-21)36-28(43)38(3)4/h5-10,13,15H,11-12,14,16-18H2,1-4H3,(H,35,41)(H,36,43). The second kappa shape index (κ2) is 11.4. The Balaban J connectivity index is 1.30. The molecule has 3 aromatic rings. The van der Waals surface area contributed by atoms with Gasteiger partial charge >= 0.3 is 6.03 Å². The fraction of sp³-hybridized carbons (Fsp3) is 0.400. The SMILES string of the molecule is CN(C)C(=O)Nc1ccc(CNC(=O)c2ccc3n2CCN(Cc2ccc(C(=O)N(C)C)cc2F)C32CC(F)(F)C2)nc1. The predicted octanol–water partition coefficient (Wildman–Crippen LogP) is 3.89. The van der Waals surface area contributed by atoms with Crippen molar-refractivity contribution >= 4 is 23.5 Å². The maximum absolute atomic E-state index is 15.1. The topological polar surface area (TPSA) is 103 Å². The van der Waals surface area contributed by atoms with E-state index in [2.05, 4.69) is 15.6 Å². The molecule has 0 unspecified atom stereocenters. The Morgan fingerprint density at radius 3 is 2.33 bits per heavy atom. The van der Waals surface area contributed by atoms with Gasteiger partial charge in [-0.3, -0.25) is 19.5 Å². The van der Waals surface area contributed by atoms with E-state index in [0.717, 1.165) is 0 Å². The molecular weight excluding hydrogens is 563 g/mol. The minimum Gasteiger partial charge on any atom is -0.345 e. The highest BCUT2D eigenvalue weighted by atomic mass is 19.3. The summed E-state index contributed by atoms with van der Waals surface area (Å²) in [4.78, 5) is 46.1. The predicted molar refractivity (Wildman–Crippen MR) is 153 cm³/mol. The van der Waals surface area contributed by atoms with Crippen LogP contribution >= 0.6 is 0 Å². The molecule has 228 valence electrons. The molecule has 0 radical (unpaired) electrons. The molecule has 43 heavy (non-hydrogen) atoms. The summed E-state index contributed by atoms with van der Waals surface area (Å²) in [6, 6.07) is 10.6. The van der Waals surface area contributed by atoms with Crippen molar-refractivity contribution in [2.45, 2.75) is 43.9 Å². The first-order valence-corrected chi connectivity index (χ1v) is 13.8. The van der Waals surface area contributed by atoms with Crippen LogP contribution in [0.4, 0.5) is 23.7 Å². The number of nitrogens with one attached hydrogen (secondary N) is 2. The zero-order valence-electron chi connectivity index (χ0n) is 24.5. The van der Waals surface area contributed by atoms with Crippen LogP contribution in [0.2, 0.25) is 0 Å². The Hall–Kier alpha value is -4.39. The summed E-state index contributed by atoms with van der Waals surface area (Å²) < 4.78 is 45.7. The lowest BCUT2D eigenvalue weighted by Crippen LogP contribution is -2.63. The minimum absolute atomic E-state index is 0.0850. The average Bonchev–Trinajstić information content (AvgIpc) is 3.38. The van der Waals surface area contributed by atoms with E-state index in [4.69, 9.17) is 0 Å². The molecule has 0 atom stereocenters. The van der Waals surface area contributed by atoms with E-state index in [9.17, 15) is 23.2 Å². The van der Waals surface area contributed by atoms with Gasteiger partial charge in [-0.15, -0.1) is 0 Å². The number of fused-ring (bicyclic) bond motifs is 2. The number of benzene rings is 1. The maximum Gasteiger partial charge on any atom is 0.321 e. The number of aromatic nitrogens is 2. The third kappa shape index (κ3) is 5.94. The molecule has 10 nitrogen and oxygen atoms in total. The molecular formula is C30H34F3N7O3. The van der Waals surface area contributed by atoms with E-state index in [0.29, 0.717) is 41.4 Å². The second-order valence-electron chi connectivity index (χ2n) is 11.5. The summed E-state index contributed by atoms with van der Waals surface area (Å²) >= 11 is 0. The van der Waals surface area contributed by atoms with Crippen LogP contribution in [-0.4, -0.2) is 82.8 Å². The number of anilines is 1. The van der Waals surface area contributed by atoms with Gasteiger partial charge in [0.15, 0.2) is 0 Å². The smallest absolute Gasteiger partial charge is 0.321 e. The van der Waals surface area contributed by atoms with Crippen LogP contribution in [0.3, 0.4) is 0 Å². The zero-order valence-corrected chi connectivity index (χ0v) is 24.5. The van der Waals surface area contributed by atoms with Crippen LogP contribution < -0.4 is 10.6 Å². The van der Waals surface area contributed by atoms with E-state index < -0.39 is 30.1 Å². The van der Waals surface area contributed by atoms with Gasteiger partial charge in [-0.2, -0.15) is 0 Å². The van der Waals surface area contributed by atoms with Crippen molar-refractivity contribution in [1.82, 2.24) is 29.6 Å². The summed E-state index contributed by atoms with van der Waals surface area (Å²) in [5.41, 5.74) is 1.48. The van der Waals surface area contributed by atoms with Crippen molar-refractivity contribution in [2.75, 3.05) is 40.1 Å². The van der Waals surface area contributed by atoms with E-state index in [1.165, 1.54) is 28.1 Å². The first kappa shape index (κ1) is 30.1. The van der Waals surface area contributed by atoms with E-state index >= 15 is 4.39 Å². The van der Waals surface area contributed by atoms with Crippen LogP contribution in [0.25, 0.3) is 0 Å². The van der Waals surface area contributed by atoms with Gasteiger partial charge in [0.1, 0.15) is 11.5 Å². The molecule has 2 aliphatic rings. The van der Waals surface area contributed by atoms with Crippen molar-refractivity contribution in [3.63, 3.8) is 0 Å². The molecule has 1 fully saturated rings. The summed E-state index contributed by atoms with van der Waals surface area (Å²) in [6.07, 6.45) is 0.614. The number of carbonyl (C=O) groups is 3. The number of pyridine rings is 1. The summed E-state index contributed by atoms with van der Waals surface area (Å²) in [7, 11) is 6.40. The number of urea groups is 1. The van der Waals surface area contributed by atoms with Crippen LogP contribution in [0.1, 0.15) is 50.6 Å². The van der Waals surface area contributed by atoms with Crippen molar-refractivity contribution < 1.29 is 27.6 Å². The molecule has 1 aromatic carbocycles. The third-order valence-electron chi connectivity index (χ3n) is 7.97. The normalized spacial score (nSPS) is 16.6. The van der Waals surface area contributed by atoms with E-state index in [-0.39, 0.29) is 36.5 Å². The Bertz CT molecular complexity index is 1540. The molecule has 1 aliphatic carbocycles. The number of alkyl halides is 2. The number of rotatable bonds is 7. The fourth-order valence-corrected chi connectivity index (χ4v) is 5.72. The van der Waals surface area contributed by atoms with Crippen molar-refractivity contribution in [2.24, 2.45) is 0 Å². The lowest BCUT2D eigenvalue weighted by Gasteiger charge is -2.56. The van der Waals surface area contributed by atoms with Gasteiger partial charge in [0.2, 0.25) is 0 Å². The average molecular weight is 598 g/mol. The third-order valence-corrected chi connectivity index (χ3v) is 7.97. The van der Waals surface area contributed by atoms with E-state index in [1.54, 1.807) is 63.1 Å². The highest BCUT2D eigenvalue weighted by Gasteiger charge is 2.62. The molecule has 1 spiro atoms. The molecule has 4 amide bonds. The quantitative estimate of drug-likeness (QED) is 0.431. The molecule has 1 aliphatic heterocycles. The molecule has 2 N–H and O–H groups in total. The number of hydrogen-bond donors (Lipinski definition) is 2. The van der Waals surface area contributed by atoms with Crippen molar-refractivity contribution in [3.8, 4) is 0 Å². The molecule has 13 heteroatoms. The Labute approximate surface area is 247 Å². The Kier molecular flexibility index (Phi) is 7.95. The van der Waals surface area contributed by atoms with Crippen LogP contribution in [0.15, 0.2) is 48.7 Å². The van der Waals surface area contributed by atoms with Gasteiger partial charge in [-0.1, -0.05) is 6.07 Å². The summed E-state index contributed by atoms with van der Waals surface area (Å²) in [6.45, 7) is 0.900. The molecule has 2 aromatic heterocycles. The van der Waals surface area contributed by atoms with Crippen LogP contribution in [0, 0.1) is 5.82 Å². The van der Waals surface area contributed by atoms with Gasteiger partial charge in [0, 0.05) is 77.5 Å². The number of nitrogens with zero attached hydrogens (tertiary/aromatic N) is 5. The first-order chi connectivity index (χ1) is 20.3. The van der Waals surface area contributed by atoms with E-state index in [1.807, 2.05) is 4.90 Å². The number of amides is 4. The van der Waals surface area contributed by atoms with Crippen molar-refractivity contribution in [1.29, 1.82) is 0 Å². The molecule has 0 bridgehead atoms. The fourth-order valence-electron chi connectivity index (χ4n) is 5.72. The molecule has 5 rings (SSSR count). The lowest BCUT2D eigenvalue weighted by molar-refractivity contribution is -0.192. The largest absolute Gasteiger partial charge is 0.345 e. The van der Waals surface area contributed by atoms with Gasteiger partial charge in [0.05, 0.1) is 29.7 Å². The molecule has 1 saturated carbocycles. The van der Waals surface area contributed by atoms with Crippen LogP contribution in [0.5, 0.6) is 0 Å².